The van der Waals surface area contributed by atoms with Crippen LogP contribution in [0.15, 0.2) is 18.7 Å². The summed E-state index contributed by atoms with van der Waals surface area (Å²) in [6, 6.07) is 0. The summed E-state index contributed by atoms with van der Waals surface area (Å²) < 4.78 is 0. The number of carbonyl (C=O) groups is 2. The van der Waals surface area contributed by atoms with Crippen molar-refractivity contribution in [3.8, 4) is 0 Å². The fourth-order valence-electron chi connectivity index (χ4n) is 1.67. The molecule has 2 heterocycles. The quantitative estimate of drug-likeness (QED) is 0.763. The van der Waals surface area contributed by atoms with Gasteiger partial charge in [0, 0.05) is 25.1 Å². The summed E-state index contributed by atoms with van der Waals surface area (Å²) in [7, 11) is 0. The molecule has 1 amide bonds. The first kappa shape index (κ1) is 11.1. The summed E-state index contributed by atoms with van der Waals surface area (Å²) in [6.45, 7) is 2.07. The van der Waals surface area contributed by atoms with Gasteiger partial charge in [-0.05, 0) is 0 Å². The van der Waals surface area contributed by atoms with E-state index in [9.17, 15) is 9.59 Å². The molecule has 1 aliphatic heterocycles. The van der Waals surface area contributed by atoms with Crippen molar-refractivity contribution in [2.75, 3.05) is 11.4 Å². The number of thioether (sulfide) groups is 1. The fraction of sp³-hybridized carbons (Fsp3) is 0.400. The van der Waals surface area contributed by atoms with Crippen molar-refractivity contribution in [3.05, 3.63) is 18.7 Å². The first-order valence-corrected chi connectivity index (χ1v) is 5.77. The normalized spacial score (nSPS) is 20.2. The maximum atomic E-state index is 11.7. The lowest BCUT2D eigenvalue weighted by Gasteiger charge is -2.14. The third kappa shape index (κ3) is 2.38. The van der Waals surface area contributed by atoms with Gasteiger partial charge in [-0.1, -0.05) is 11.8 Å². The zero-order valence-corrected chi connectivity index (χ0v) is 9.61. The van der Waals surface area contributed by atoms with Crippen LogP contribution >= 0.6 is 11.8 Å². The molecule has 0 saturated carbocycles. The van der Waals surface area contributed by atoms with E-state index < -0.39 is 0 Å². The molecular weight excluding hydrogens is 226 g/mol. The van der Waals surface area contributed by atoms with Crippen LogP contribution in [0.25, 0.3) is 0 Å². The highest BCUT2D eigenvalue weighted by atomic mass is 32.2. The van der Waals surface area contributed by atoms with Gasteiger partial charge in [0.25, 0.3) is 0 Å². The molecule has 1 aromatic heterocycles. The van der Waals surface area contributed by atoms with Crippen molar-refractivity contribution in [2.45, 2.75) is 18.6 Å². The predicted octanol–water partition coefficient (Wildman–Crippen LogP) is 0.862. The molecule has 1 atom stereocenters. The number of carbonyl (C=O) groups excluding carboxylic acids is 2. The zero-order valence-electron chi connectivity index (χ0n) is 8.79. The molecular formula is C10H11N3O2S. The highest BCUT2D eigenvalue weighted by Crippen LogP contribution is 2.27. The molecule has 2 rings (SSSR count). The molecule has 5 nitrogen and oxygen atoms in total. The standard InChI is InChI=1S/C10H11N3O2S/c1-7(14)16-9-2-10(15)13(5-9)8-3-11-6-12-4-8/h3-4,6,9H,2,5H2,1H3. The number of rotatable bonds is 2. The molecule has 0 aromatic carbocycles. The van der Waals surface area contributed by atoms with Crippen LogP contribution < -0.4 is 4.90 Å². The zero-order chi connectivity index (χ0) is 11.5. The predicted molar refractivity (Wildman–Crippen MR) is 61.1 cm³/mol. The smallest absolute Gasteiger partial charge is 0.228 e. The minimum Gasteiger partial charge on any atom is -0.308 e. The molecule has 1 aromatic rings. The third-order valence-electron chi connectivity index (χ3n) is 2.28. The van der Waals surface area contributed by atoms with E-state index in [1.165, 1.54) is 25.0 Å². The van der Waals surface area contributed by atoms with E-state index in [4.69, 9.17) is 0 Å². The van der Waals surface area contributed by atoms with Gasteiger partial charge in [-0.15, -0.1) is 0 Å². The van der Waals surface area contributed by atoms with Crippen molar-refractivity contribution in [3.63, 3.8) is 0 Å². The Morgan fingerprint density at radius 1 is 1.50 bits per heavy atom. The Morgan fingerprint density at radius 2 is 2.19 bits per heavy atom. The Bertz CT molecular complexity index is 410. The van der Waals surface area contributed by atoms with E-state index in [-0.39, 0.29) is 16.3 Å². The molecule has 1 aliphatic rings. The highest BCUT2D eigenvalue weighted by molar-refractivity contribution is 8.14. The van der Waals surface area contributed by atoms with Crippen molar-refractivity contribution < 1.29 is 9.59 Å². The number of amides is 1. The van der Waals surface area contributed by atoms with Gasteiger partial charge < -0.3 is 4.90 Å². The Hall–Kier alpha value is -1.43. The first-order chi connectivity index (χ1) is 7.66. The molecule has 84 valence electrons. The van der Waals surface area contributed by atoms with Crippen molar-refractivity contribution >= 4 is 28.5 Å². The Balaban J connectivity index is 2.08. The van der Waals surface area contributed by atoms with Gasteiger partial charge in [0.2, 0.25) is 5.91 Å². The van der Waals surface area contributed by atoms with Crippen LogP contribution in [0.4, 0.5) is 5.69 Å². The van der Waals surface area contributed by atoms with Gasteiger partial charge in [-0.3, -0.25) is 9.59 Å². The average molecular weight is 237 g/mol. The van der Waals surface area contributed by atoms with Crippen molar-refractivity contribution in [2.24, 2.45) is 0 Å². The highest BCUT2D eigenvalue weighted by Gasteiger charge is 2.31. The van der Waals surface area contributed by atoms with Crippen LogP contribution in [0.2, 0.25) is 0 Å². The lowest BCUT2D eigenvalue weighted by Crippen LogP contribution is -2.25. The summed E-state index contributed by atoms with van der Waals surface area (Å²) in [5, 5.41) is 0.0918. The molecule has 16 heavy (non-hydrogen) atoms. The Labute approximate surface area is 97.3 Å². The maximum Gasteiger partial charge on any atom is 0.228 e. The topological polar surface area (TPSA) is 63.2 Å². The summed E-state index contributed by atoms with van der Waals surface area (Å²) in [4.78, 5) is 32.0. The van der Waals surface area contributed by atoms with Gasteiger partial charge in [0.05, 0.1) is 18.1 Å². The van der Waals surface area contributed by atoms with Crippen molar-refractivity contribution in [1.82, 2.24) is 9.97 Å². The molecule has 1 fully saturated rings. The lowest BCUT2D eigenvalue weighted by atomic mass is 10.4. The first-order valence-electron chi connectivity index (χ1n) is 4.89. The Morgan fingerprint density at radius 3 is 2.81 bits per heavy atom. The number of hydrogen-bond donors (Lipinski definition) is 0. The van der Waals surface area contributed by atoms with E-state index in [0.717, 1.165) is 0 Å². The lowest BCUT2D eigenvalue weighted by molar-refractivity contribution is -0.117. The van der Waals surface area contributed by atoms with Gasteiger partial charge in [0.15, 0.2) is 5.12 Å². The summed E-state index contributed by atoms with van der Waals surface area (Å²) in [6.07, 6.45) is 5.03. The molecule has 0 radical (unpaired) electrons. The van der Waals surface area contributed by atoms with Gasteiger partial charge in [-0.2, -0.15) is 0 Å². The third-order valence-corrected chi connectivity index (χ3v) is 3.26. The second-order valence-electron chi connectivity index (χ2n) is 3.54. The number of anilines is 1. The van der Waals surface area contributed by atoms with Gasteiger partial charge in [-0.25, -0.2) is 9.97 Å². The van der Waals surface area contributed by atoms with Crippen molar-refractivity contribution in [1.29, 1.82) is 0 Å². The monoisotopic (exact) mass is 237 g/mol. The number of hydrogen-bond acceptors (Lipinski definition) is 5. The number of aromatic nitrogens is 2. The average Bonchev–Trinajstić information content (AvgIpc) is 2.60. The molecule has 0 N–H and O–H groups in total. The molecule has 6 heteroatoms. The van der Waals surface area contributed by atoms with E-state index >= 15 is 0 Å². The minimum atomic E-state index is 0.0218. The fourth-order valence-corrected chi connectivity index (χ4v) is 2.59. The summed E-state index contributed by atoms with van der Waals surface area (Å²) in [5.41, 5.74) is 0.694. The van der Waals surface area contributed by atoms with Crippen LogP contribution in [0.5, 0.6) is 0 Å². The molecule has 0 spiro atoms. The Kier molecular flexibility index (Phi) is 3.19. The van der Waals surface area contributed by atoms with Crippen LogP contribution in [-0.2, 0) is 9.59 Å². The van der Waals surface area contributed by atoms with E-state index in [0.29, 0.717) is 18.7 Å². The molecule has 1 saturated heterocycles. The summed E-state index contributed by atoms with van der Waals surface area (Å²) >= 11 is 1.22. The minimum absolute atomic E-state index is 0.0218. The van der Waals surface area contributed by atoms with Gasteiger partial charge in [0.1, 0.15) is 6.33 Å². The molecule has 0 aliphatic carbocycles. The SMILES string of the molecule is CC(=O)SC1CC(=O)N(c2cncnc2)C1. The van der Waals surface area contributed by atoms with Crippen LogP contribution in [0, 0.1) is 0 Å². The van der Waals surface area contributed by atoms with E-state index in [1.807, 2.05) is 0 Å². The van der Waals surface area contributed by atoms with Crippen LogP contribution in [0.1, 0.15) is 13.3 Å². The van der Waals surface area contributed by atoms with Gasteiger partial charge >= 0.3 is 0 Å². The van der Waals surface area contributed by atoms with E-state index in [2.05, 4.69) is 9.97 Å². The van der Waals surface area contributed by atoms with Crippen LogP contribution in [0.3, 0.4) is 0 Å². The van der Waals surface area contributed by atoms with Crippen LogP contribution in [-0.4, -0.2) is 32.8 Å². The second-order valence-corrected chi connectivity index (χ2v) is 5.01. The van der Waals surface area contributed by atoms with E-state index in [1.54, 1.807) is 17.3 Å². The second kappa shape index (κ2) is 4.61. The largest absolute Gasteiger partial charge is 0.308 e. The number of nitrogens with zero attached hydrogens (tertiary/aromatic N) is 3. The molecule has 0 bridgehead atoms. The summed E-state index contributed by atoms with van der Waals surface area (Å²) in [5.74, 6) is 0.0218. The maximum absolute atomic E-state index is 11.7. The molecule has 1 unspecified atom stereocenters.